The van der Waals surface area contributed by atoms with Crippen molar-refractivity contribution in [2.45, 2.75) is 99.3 Å². The van der Waals surface area contributed by atoms with Crippen molar-refractivity contribution in [2.24, 2.45) is 57.2 Å². The van der Waals surface area contributed by atoms with E-state index in [1.165, 1.54) is 12.0 Å². The molecule has 0 amide bonds. The van der Waals surface area contributed by atoms with Gasteiger partial charge in [-0.15, -0.1) is 0 Å². The van der Waals surface area contributed by atoms with Crippen LogP contribution in [-0.2, 0) is 9.59 Å². The fourth-order valence-electron chi connectivity index (χ4n) is 10.3. The largest absolute Gasteiger partial charge is 0.481 e. The van der Waals surface area contributed by atoms with Crippen LogP contribution in [0.5, 0.6) is 0 Å². The first-order chi connectivity index (χ1) is 14.9. The Morgan fingerprint density at radius 3 is 2.31 bits per heavy atom. The number of fused-ring (bicyclic) bond motifs is 7. The van der Waals surface area contributed by atoms with Crippen LogP contribution in [0.1, 0.15) is 99.3 Å². The van der Waals surface area contributed by atoms with E-state index in [-0.39, 0.29) is 22.2 Å². The Morgan fingerprint density at radius 1 is 0.938 bits per heavy atom. The summed E-state index contributed by atoms with van der Waals surface area (Å²) in [6.07, 6.45) is 11.5. The minimum absolute atomic E-state index is 0.204. The highest BCUT2D eigenvalue weighted by molar-refractivity contribution is 5.85. The molecule has 0 spiro atoms. The smallest absolute Gasteiger partial charge is 0.310 e. The van der Waals surface area contributed by atoms with Crippen LogP contribution in [0, 0.1) is 57.2 Å². The Balaban J connectivity index is 1.57. The Bertz CT molecular complexity index is 870. The van der Waals surface area contributed by atoms with E-state index in [1.54, 1.807) is 0 Å². The molecule has 0 aliphatic heterocycles. The average molecular weight is 441 g/mol. The van der Waals surface area contributed by atoms with Crippen LogP contribution in [0.2, 0.25) is 0 Å². The van der Waals surface area contributed by atoms with Gasteiger partial charge in [-0.3, -0.25) is 9.59 Å². The molecule has 0 heterocycles. The number of hydrogen-bond donors (Lipinski definition) is 1. The SMILES string of the molecule is C[C@H]1[C@H](C)CC[C@]2(C(=O)O)CC[C@@H]3C(=CC[C@H]4[C@@]3(C)CC[C@H]3C(C)(C)C(=O)CC[C@]43C)[C@H]12. The Kier molecular flexibility index (Phi) is 4.92. The first-order valence-corrected chi connectivity index (χ1v) is 13.4. The second kappa shape index (κ2) is 6.95. The summed E-state index contributed by atoms with van der Waals surface area (Å²) in [6.45, 7) is 14.1. The number of Topliss-reactive ketones (excluding diaryl/α,β-unsaturated/α-hetero) is 1. The third-order valence-corrected chi connectivity index (χ3v) is 12.4. The number of ketones is 1. The number of carbonyl (C=O) groups excluding carboxylic acids is 1. The highest BCUT2D eigenvalue weighted by Gasteiger charge is 2.66. The monoisotopic (exact) mass is 440 g/mol. The molecule has 4 saturated carbocycles. The first-order valence-electron chi connectivity index (χ1n) is 13.4. The van der Waals surface area contributed by atoms with Gasteiger partial charge in [-0.1, -0.05) is 53.2 Å². The summed E-state index contributed by atoms with van der Waals surface area (Å²) in [5.74, 6) is 2.74. The van der Waals surface area contributed by atoms with Crippen molar-refractivity contribution in [1.82, 2.24) is 0 Å². The third kappa shape index (κ3) is 2.66. The molecule has 0 aromatic rings. The van der Waals surface area contributed by atoms with E-state index in [4.69, 9.17) is 0 Å². The van der Waals surface area contributed by atoms with Crippen molar-refractivity contribution in [3.05, 3.63) is 11.6 Å². The zero-order chi connectivity index (χ0) is 23.3. The van der Waals surface area contributed by atoms with Crippen molar-refractivity contribution >= 4 is 11.8 Å². The maximum Gasteiger partial charge on any atom is 0.310 e. The van der Waals surface area contributed by atoms with E-state index >= 15 is 0 Å². The average Bonchev–Trinajstić information content (AvgIpc) is 2.73. The maximum atomic E-state index is 12.8. The molecule has 3 nitrogen and oxygen atoms in total. The van der Waals surface area contributed by atoms with Crippen LogP contribution < -0.4 is 0 Å². The molecule has 5 rings (SSSR count). The molecule has 178 valence electrons. The summed E-state index contributed by atoms with van der Waals surface area (Å²) in [5, 5.41) is 10.4. The minimum Gasteiger partial charge on any atom is -0.481 e. The van der Waals surface area contributed by atoms with E-state index < -0.39 is 11.4 Å². The summed E-state index contributed by atoms with van der Waals surface area (Å²) in [6, 6.07) is 0. The van der Waals surface area contributed by atoms with Gasteiger partial charge in [-0.2, -0.15) is 0 Å². The fraction of sp³-hybridized carbons (Fsp3) is 0.862. The Labute approximate surface area is 194 Å². The zero-order valence-electron chi connectivity index (χ0n) is 21.2. The summed E-state index contributed by atoms with van der Waals surface area (Å²) in [7, 11) is 0. The van der Waals surface area contributed by atoms with Gasteiger partial charge in [0.1, 0.15) is 5.78 Å². The van der Waals surface area contributed by atoms with Crippen molar-refractivity contribution < 1.29 is 14.7 Å². The lowest BCUT2D eigenvalue weighted by atomic mass is 9.37. The molecule has 0 unspecified atom stereocenters. The molecular weight excluding hydrogens is 396 g/mol. The van der Waals surface area contributed by atoms with Crippen molar-refractivity contribution in [2.75, 3.05) is 0 Å². The van der Waals surface area contributed by atoms with E-state index in [1.807, 2.05) is 0 Å². The summed E-state index contributed by atoms with van der Waals surface area (Å²) in [4.78, 5) is 25.5. The van der Waals surface area contributed by atoms with E-state index in [9.17, 15) is 14.7 Å². The highest BCUT2D eigenvalue weighted by atomic mass is 16.4. The first kappa shape index (κ1) is 22.7. The topological polar surface area (TPSA) is 54.4 Å². The standard InChI is InChI=1S/C29H44O3/c1-17-9-15-29(25(31)32)16-10-20-19(24(29)18(17)2)7-8-22-27(20,5)13-11-21-26(3,4)23(30)12-14-28(21,22)6/h7,17-18,20-22,24H,8-16H2,1-6H3,(H,31,32)/t17-,18+,20-,21+,22+,24+,27+,28+,29+/m1/s1. The molecule has 0 saturated heterocycles. The summed E-state index contributed by atoms with van der Waals surface area (Å²) < 4.78 is 0. The minimum atomic E-state index is -0.545. The number of rotatable bonds is 1. The van der Waals surface area contributed by atoms with Crippen LogP contribution >= 0.6 is 0 Å². The molecule has 32 heavy (non-hydrogen) atoms. The van der Waals surface area contributed by atoms with Gasteiger partial charge in [-0.05, 0) is 97.7 Å². The normalized spacial score (nSPS) is 52.1. The molecule has 0 bridgehead atoms. The molecule has 5 aliphatic carbocycles. The third-order valence-electron chi connectivity index (χ3n) is 12.4. The van der Waals surface area contributed by atoms with E-state index in [0.717, 1.165) is 51.4 Å². The van der Waals surface area contributed by atoms with Crippen molar-refractivity contribution in [3.8, 4) is 0 Å². The molecule has 9 atom stereocenters. The number of allylic oxidation sites excluding steroid dienone is 2. The molecule has 1 N–H and O–H groups in total. The van der Waals surface area contributed by atoms with Gasteiger partial charge in [0.2, 0.25) is 0 Å². The Hall–Kier alpha value is -1.12. The van der Waals surface area contributed by atoms with Gasteiger partial charge in [0.25, 0.3) is 0 Å². The second-order valence-electron chi connectivity index (χ2n) is 13.6. The number of carboxylic acids is 1. The van der Waals surface area contributed by atoms with Crippen LogP contribution in [0.15, 0.2) is 11.6 Å². The zero-order valence-corrected chi connectivity index (χ0v) is 21.2. The number of hydrogen-bond acceptors (Lipinski definition) is 2. The van der Waals surface area contributed by atoms with Gasteiger partial charge < -0.3 is 5.11 Å². The molecule has 0 radical (unpaired) electrons. The van der Waals surface area contributed by atoms with Crippen molar-refractivity contribution in [3.63, 3.8) is 0 Å². The van der Waals surface area contributed by atoms with Crippen LogP contribution in [-0.4, -0.2) is 16.9 Å². The predicted molar refractivity (Wildman–Crippen MR) is 127 cm³/mol. The molecule has 0 aromatic carbocycles. The van der Waals surface area contributed by atoms with Gasteiger partial charge in [-0.25, -0.2) is 0 Å². The predicted octanol–water partition coefficient (Wildman–Crippen LogP) is 6.91. The van der Waals surface area contributed by atoms with E-state index in [0.29, 0.717) is 35.4 Å². The maximum absolute atomic E-state index is 12.8. The lowest BCUT2D eigenvalue weighted by Gasteiger charge is -2.67. The van der Waals surface area contributed by atoms with Gasteiger partial charge in [0.05, 0.1) is 5.41 Å². The lowest BCUT2D eigenvalue weighted by molar-refractivity contribution is -0.175. The van der Waals surface area contributed by atoms with Crippen LogP contribution in [0.25, 0.3) is 0 Å². The fourth-order valence-corrected chi connectivity index (χ4v) is 10.3. The van der Waals surface area contributed by atoms with Gasteiger partial charge >= 0.3 is 5.97 Å². The molecule has 4 fully saturated rings. The quantitative estimate of drug-likeness (QED) is 0.451. The van der Waals surface area contributed by atoms with Crippen LogP contribution in [0.4, 0.5) is 0 Å². The van der Waals surface area contributed by atoms with Crippen molar-refractivity contribution in [1.29, 1.82) is 0 Å². The van der Waals surface area contributed by atoms with E-state index in [2.05, 4.69) is 47.6 Å². The molecular formula is C29H44O3. The Morgan fingerprint density at radius 2 is 1.62 bits per heavy atom. The lowest BCUT2D eigenvalue weighted by Crippen LogP contribution is -2.62. The highest BCUT2D eigenvalue weighted by Crippen LogP contribution is 2.71. The number of carbonyl (C=O) groups is 2. The number of carboxylic acid groups (broad SMARTS) is 1. The van der Waals surface area contributed by atoms with Crippen LogP contribution in [0.3, 0.4) is 0 Å². The molecule has 5 aliphatic rings. The second-order valence-corrected chi connectivity index (χ2v) is 13.6. The van der Waals surface area contributed by atoms with Gasteiger partial charge in [0, 0.05) is 11.8 Å². The molecule has 3 heteroatoms. The van der Waals surface area contributed by atoms with Gasteiger partial charge in [0.15, 0.2) is 0 Å². The molecule has 0 aromatic heterocycles. The number of aliphatic carboxylic acids is 1. The summed E-state index contributed by atoms with van der Waals surface area (Å²) in [5.41, 5.74) is 1.20. The summed E-state index contributed by atoms with van der Waals surface area (Å²) >= 11 is 0.